The normalized spacial score (nSPS) is 14.4. The molecule has 0 bridgehead atoms. The zero-order valence-corrected chi connectivity index (χ0v) is 21.3. The number of amides is 1. The fourth-order valence-corrected chi connectivity index (χ4v) is 5.33. The number of hydrogen-bond acceptors (Lipinski definition) is 9. The number of nitrogens with one attached hydrogen (secondary N) is 1. The molecule has 3 heterocycles. The molecule has 1 aliphatic heterocycles. The second-order valence-electron chi connectivity index (χ2n) is 8.60. The summed E-state index contributed by atoms with van der Waals surface area (Å²) in [5.41, 5.74) is 2.54. The minimum atomic E-state index is -3.42. The summed E-state index contributed by atoms with van der Waals surface area (Å²) in [5, 5.41) is 10.5. The van der Waals surface area contributed by atoms with Gasteiger partial charge in [0.15, 0.2) is 15.5 Å². The lowest BCUT2D eigenvalue weighted by Gasteiger charge is -2.36. The van der Waals surface area contributed by atoms with Gasteiger partial charge in [-0.15, -0.1) is 5.10 Å². The molecule has 0 unspecified atom stereocenters. The predicted molar refractivity (Wildman–Crippen MR) is 134 cm³/mol. The van der Waals surface area contributed by atoms with Crippen LogP contribution in [0.5, 0.6) is 11.6 Å². The number of hydrogen-bond donors (Lipinski definition) is 1. The van der Waals surface area contributed by atoms with Crippen LogP contribution in [0, 0.1) is 6.92 Å². The Morgan fingerprint density at radius 1 is 1.17 bits per heavy atom. The van der Waals surface area contributed by atoms with Crippen molar-refractivity contribution in [3.63, 3.8) is 0 Å². The monoisotopic (exact) mass is 511 g/mol. The number of benzene rings is 1. The molecule has 1 aliphatic rings. The number of aromatic nitrogens is 3. The molecule has 1 fully saturated rings. The third-order valence-electron chi connectivity index (χ3n) is 6.09. The minimum Gasteiger partial charge on any atom is -0.489 e. The summed E-state index contributed by atoms with van der Waals surface area (Å²) in [6.07, 6.45) is 5.86. The largest absolute Gasteiger partial charge is 0.489 e. The van der Waals surface area contributed by atoms with Gasteiger partial charge in [0.2, 0.25) is 5.88 Å². The SMILES string of the molecule is COc1ccc(OC2CCN(c3c(CNC(=O)c4cccnn4)ccc(S(C)(=O)=O)c3C)CC2)cn1. The average Bonchev–Trinajstić information content (AvgIpc) is 2.88. The number of nitrogens with zero attached hydrogens (tertiary/aromatic N) is 4. The van der Waals surface area contributed by atoms with Gasteiger partial charge in [-0.3, -0.25) is 4.79 Å². The Kier molecular flexibility index (Phi) is 7.68. The van der Waals surface area contributed by atoms with Gasteiger partial charge in [-0.2, -0.15) is 5.10 Å². The van der Waals surface area contributed by atoms with E-state index in [1.807, 2.05) is 13.0 Å². The Bertz CT molecular complexity index is 1310. The van der Waals surface area contributed by atoms with Crippen molar-refractivity contribution in [2.45, 2.75) is 37.3 Å². The first-order valence-corrected chi connectivity index (χ1v) is 13.5. The summed E-state index contributed by atoms with van der Waals surface area (Å²) >= 11 is 0. The fraction of sp³-hybridized carbons (Fsp3) is 0.360. The summed E-state index contributed by atoms with van der Waals surface area (Å²) in [6, 6.07) is 10.2. The summed E-state index contributed by atoms with van der Waals surface area (Å²) < 4.78 is 36.0. The lowest BCUT2D eigenvalue weighted by atomic mass is 10.0. The maximum absolute atomic E-state index is 12.5. The fourth-order valence-electron chi connectivity index (χ4n) is 4.36. The smallest absolute Gasteiger partial charge is 0.272 e. The lowest BCUT2D eigenvalue weighted by Crippen LogP contribution is -2.39. The van der Waals surface area contributed by atoms with Crippen molar-refractivity contribution in [1.29, 1.82) is 0 Å². The van der Waals surface area contributed by atoms with Crippen molar-refractivity contribution in [1.82, 2.24) is 20.5 Å². The number of rotatable bonds is 8. The Labute approximate surface area is 210 Å². The number of carbonyl (C=O) groups is 1. The van der Waals surface area contributed by atoms with E-state index in [2.05, 4.69) is 25.4 Å². The molecule has 1 aromatic carbocycles. The molecule has 36 heavy (non-hydrogen) atoms. The van der Waals surface area contributed by atoms with Crippen LogP contribution in [0.1, 0.15) is 34.5 Å². The van der Waals surface area contributed by atoms with E-state index < -0.39 is 9.84 Å². The Morgan fingerprint density at radius 3 is 2.56 bits per heavy atom. The number of piperidine rings is 1. The lowest BCUT2D eigenvalue weighted by molar-refractivity contribution is 0.0945. The van der Waals surface area contributed by atoms with E-state index in [0.29, 0.717) is 30.3 Å². The van der Waals surface area contributed by atoms with Crippen LogP contribution >= 0.6 is 0 Å². The molecule has 0 saturated carbocycles. The molecule has 2 aromatic heterocycles. The van der Waals surface area contributed by atoms with E-state index in [1.165, 1.54) is 12.5 Å². The molecule has 0 aliphatic carbocycles. The minimum absolute atomic E-state index is 0.00893. The first-order chi connectivity index (χ1) is 17.3. The van der Waals surface area contributed by atoms with E-state index in [-0.39, 0.29) is 29.1 Å². The molecule has 190 valence electrons. The van der Waals surface area contributed by atoms with Gasteiger partial charge in [0.25, 0.3) is 5.91 Å². The summed E-state index contributed by atoms with van der Waals surface area (Å²) in [6.45, 7) is 3.38. The Hall–Kier alpha value is -3.73. The van der Waals surface area contributed by atoms with E-state index in [1.54, 1.807) is 43.6 Å². The van der Waals surface area contributed by atoms with Gasteiger partial charge in [0.1, 0.15) is 11.9 Å². The Balaban J connectivity index is 1.51. The number of sulfone groups is 1. The van der Waals surface area contributed by atoms with Crippen LogP contribution < -0.4 is 19.7 Å². The van der Waals surface area contributed by atoms with Crippen LogP contribution in [0.15, 0.2) is 53.7 Å². The molecule has 0 spiro atoms. The van der Waals surface area contributed by atoms with Crippen LogP contribution in [-0.2, 0) is 16.4 Å². The zero-order valence-electron chi connectivity index (χ0n) is 20.5. The number of ether oxygens (including phenoxy) is 2. The average molecular weight is 512 g/mol. The molecular formula is C25H29N5O5S. The molecule has 11 heteroatoms. The highest BCUT2D eigenvalue weighted by molar-refractivity contribution is 7.90. The van der Waals surface area contributed by atoms with Gasteiger partial charge in [-0.25, -0.2) is 13.4 Å². The van der Waals surface area contributed by atoms with Gasteiger partial charge in [0, 0.05) is 56.7 Å². The van der Waals surface area contributed by atoms with Crippen molar-refractivity contribution in [3.05, 3.63) is 65.6 Å². The van der Waals surface area contributed by atoms with Gasteiger partial charge in [-0.05, 0) is 42.3 Å². The maximum atomic E-state index is 12.5. The van der Waals surface area contributed by atoms with Gasteiger partial charge in [-0.1, -0.05) is 6.07 Å². The molecule has 0 atom stereocenters. The first kappa shape index (κ1) is 25.4. The highest BCUT2D eigenvalue weighted by Crippen LogP contribution is 2.33. The van der Waals surface area contributed by atoms with Crippen LogP contribution in [-0.4, -0.2) is 62.1 Å². The Morgan fingerprint density at radius 2 is 1.94 bits per heavy atom. The summed E-state index contributed by atoms with van der Waals surface area (Å²) in [5.74, 6) is 0.855. The molecule has 1 amide bonds. The topological polar surface area (TPSA) is 124 Å². The number of methoxy groups -OCH3 is 1. The third-order valence-corrected chi connectivity index (χ3v) is 7.33. The molecular weight excluding hydrogens is 482 g/mol. The van der Waals surface area contributed by atoms with Crippen LogP contribution in [0.2, 0.25) is 0 Å². The second-order valence-corrected chi connectivity index (χ2v) is 10.6. The van der Waals surface area contributed by atoms with Crippen molar-refractivity contribution in [3.8, 4) is 11.6 Å². The van der Waals surface area contributed by atoms with Crippen LogP contribution in [0.3, 0.4) is 0 Å². The van der Waals surface area contributed by atoms with Crippen molar-refractivity contribution < 1.29 is 22.7 Å². The van der Waals surface area contributed by atoms with Crippen LogP contribution in [0.4, 0.5) is 5.69 Å². The van der Waals surface area contributed by atoms with Crippen molar-refractivity contribution in [2.24, 2.45) is 0 Å². The van der Waals surface area contributed by atoms with E-state index in [0.717, 1.165) is 24.1 Å². The van der Waals surface area contributed by atoms with Crippen LogP contribution in [0.25, 0.3) is 0 Å². The summed E-state index contributed by atoms with van der Waals surface area (Å²) in [7, 11) is -1.85. The van der Waals surface area contributed by atoms with Gasteiger partial charge in [0.05, 0.1) is 18.2 Å². The number of anilines is 1. The van der Waals surface area contributed by atoms with E-state index >= 15 is 0 Å². The molecule has 1 saturated heterocycles. The summed E-state index contributed by atoms with van der Waals surface area (Å²) in [4.78, 5) is 19.1. The number of carbonyl (C=O) groups excluding carboxylic acids is 1. The third kappa shape index (κ3) is 5.91. The quantitative estimate of drug-likeness (QED) is 0.486. The predicted octanol–water partition coefficient (Wildman–Crippen LogP) is 2.57. The van der Waals surface area contributed by atoms with E-state index in [4.69, 9.17) is 9.47 Å². The highest BCUT2D eigenvalue weighted by Gasteiger charge is 2.26. The molecule has 3 aromatic rings. The molecule has 4 rings (SSSR count). The maximum Gasteiger partial charge on any atom is 0.272 e. The van der Waals surface area contributed by atoms with Gasteiger partial charge >= 0.3 is 0 Å². The number of pyridine rings is 1. The second kappa shape index (κ2) is 10.9. The highest BCUT2D eigenvalue weighted by atomic mass is 32.2. The van der Waals surface area contributed by atoms with Gasteiger partial charge < -0.3 is 19.7 Å². The standard InChI is InChI=1S/C25H29N5O5S/c1-17-22(36(3,32)33)8-6-18(15-27-25(31)21-5-4-12-28-29-21)24(17)30-13-10-19(11-14-30)35-20-7-9-23(34-2)26-16-20/h4-9,12,16,19H,10-11,13-15H2,1-3H3,(H,27,31). The van der Waals surface area contributed by atoms with Crippen molar-refractivity contribution in [2.75, 3.05) is 31.4 Å². The molecule has 10 nitrogen and oxygen atoms in total. The molecule has 0 radical (unpaired) electrons. The van der Waals surface area contributed by atoms with Crippen molar-refractivity contribution >= 4 is 21.4 Å². The first-order valence-electron chi connectivity index (χ1n) is 11.6. The van der Waals surface area contributed by atoms with E-state index in [9.17, 15) is 13.2 Å². The zero-order chi connectivity index (χ0) is 25.7. The molecule has 1 N–H and O–H groups in total.